The molecule has 12 heteroatoms. The van der Waals surface area contributed by atoms with Crippen molar-refractivity contribution in [2.45, 2.75) is 58.7 Å². The van der Waals surface area contributed by atoms with Crippen LogP contribution in [0.3, 0.4) is 0 Å². The minimum absolute atomic E-state index is 0.0761. The molecule has 3 aromatic heterocycles. The zero-order valence-corrected chi connectivity index (χ0v) is 22.1. The van der Waals surface area contributed by atoms with Gasteiger partial charge in [0.1, 0.15) is 5.69 Å². The Kier molecular flexibility index (Phi) is 8.77. The van der Waals surface area contributed by atoms with E-state index in [9.17, 15) is 19.8 Å². The number of tetrazole rings is 1. The van der Waals surface area contributed by atoms with Gasteiger partial charge in [-0.15, -0.1) is 10.2 Å². The van der Waals surface area contributed by atoms with Crippen molar-refractivity contribution in [2.75, 3.05) is 0 Å². The van der Waals surface area contributed by atoms with Gasteiger partial charge in [0, 0.05) is 23.0 Å². The molecular weight excluding hydrogens is 500 g/mol. The van der Waals surface area contributed by atoms with Crippen molar-refractivity contribution in [1.29, 1.82) is 0 Å². The molecule has 4 N–H and O–H groups in total. The Morgan fingerprint density at radius 2 is 1.90 bits per heavy atom. The van der Waals surface area contributed by atoms with Crippen LogP contribution in [0.2, 0.25) is 0 Å². The van der Waals surface area contributed by atoms with E-state index in [2.05, 4.69) is 36.0 Å². The fourth-order valence-electron chi connectivity index (χ4n) is 4.38. The maximum Gasteiger partial charge on any atom is 0.334 e. The smallest absolute Gasteiger partial charge is 0.334 e. The Balaban J connectivity index is 1.54. The summed E-state index contributed by atoms with van der Waals surface area (Å²) in [5, 5.41) is 40.8. The highest BCUT2D eigenvalue weighted by Crippen LogP contribution is 2.28. The van der Waals surface area contributed by atoms with E-state index >= 15 is 0 Å². The van der Waals surface area contributed by atoms with Crippen LogP contribution in [0.15, 0.2) is 48.7 Å². The molecule has 2 unspecified atom stereocenters. The van der Waals surface area contributed by atoms with Crippen LogP contribution in [-0.4, -0.2) is 69.6 Å². The van der Waals surface area contributed by atoms with Crippen LogP contribution in [-0.2, 0) is 17.8 Å². The molecule has 0 aliphatic heterocycles. The highest BCUT2D eigenvalue weighted by Gasteiger charge is 2.29. The number of amides is 1. The van der Waals surface area contributed by atoms with Crippen LogP contribution >= 0.6 is 0 Å². The number of rotatable bonds is 12. The number of aliphatic hydroxyl groups is 1. The Hall–Kier alpha value is -4.45. The van der Waals surface area contributed by atoms with E-state index in [0.717, 1.165) is 34.5 Å². The van der Waals surface area contributed by atoms with Gasteiger partial charge in [0.25, 0.3) is 5.91 Å². The lowest BCUT2D eigenvalue weighted by molar-refractivity contribution is -0.148. The number of pyridine rings is 1. The number of carboxylic acids is 1. The fourth-order valence-corrected chi connectivity index (χ4v) is 4.38. The van der Waals surface area contributed by atoms with Gasteiger partial charge in [0.15, 0.2) is 6.10 Å². The Bertz CT molecular complexity index is 1400. The summed E-state index contributed by atoms with van der Waals surface area (Å²) in [4.78, 5) is 29.0. The predicted molar refractivity (Wildman–Crippen MR) is 143 cm³/mol. The van der Waals surface area contributed by atoms with E-state index in [1.54, 1.807) is 16.9 Å². The Labute approximate surface area is 225 Å². The number of carboxylic acid groups (broad SMARTS) is 1. The van der Waals surface area contributed by atoms with Crippen molar-refractivity contribution in [2.24, 2.45) is 5.92 Å². The molecule has 1 amide bonds. The van der Waals surface area contributed by atoms with Gasteiger partial charge in [0.2, 0.25) is 5.82 Å². The van der Waals surface area contributed by atoms with E-state index in [1.165, 1.54) is 0 Å². The quantitative estimate of drug-likeness (QED) is 0.214. The topological polar surface area (TPSA) is 172 Å². The third-order valence-corrected chi connectivity index (χ3v) is 6.22. The molecule has 3 heterocycles. The van der Waals surface area contributed by atoms with Crippen LogP contribution in [0.4, 0.5) is 0 Å². The molecule has 39 heavy (non-hydrogen) atoms. The summed E-state index contributed by atoms with van der Waals surface area (Å²) in [7, 11) is 0. The molecule has 0 fully saturated rings. The first-order valence-corrected chi connectivity index (χ1v) is 12.8. The van der Waals surface area contributed by atoms with E-state index in [1.807, 2.05) is 57.2 Å². The second-order valence-electron chi connectivity index (χ2n) is 9.75. The summed E-state index contributed by atoms with van der Waals surface area (Å²) in [6.07, 6.45) is 1.93. The van der Waals surface area contributed by atoms with E-state index in [0.29, 0.717) is 25.2 Å². The highest BCUT2D eigenvalue weighted by molar-refractivity contribution is 5.93. The van der Waals surface area contributed by atoms with Gasteiger partial charge >= 0.3 is 5.97 Å². The molecule has 0 aliphatic rings. The van der Waals surface area contributed by atoms with Crippen LogP contribution in [0.5, 0.6) is 0 Å². The van der Waals surface area contributed by atoms with Crippen molar-refractivity contribution in [3.63, 3.8) is 0 Å². The average Bonchev–Trinajstić information content (AvgIpc) is 3.59. The van der Waals surface area contributed by atoms with Crippen molar-refractivity contribution in [3.8, 4) is 22.6 Å². The molecule has 12 nitrogen and oxygen atoms in total. The van der Waals surface area contributed by atoms with Crippen LogP contribution < -0.4 is 5.32 Å². The highest BCUT2D eigenvalue weighted by atomic mass is 16.4. The number of nitrogens with one attached hydrogen (secondary N) is 2. The zero-order valence-electron chi connectivity index (χ0n) is 22.1. The van der Waals surface area contributed by atoms with Gasteiger partial charge in [-0.3, -0.25) is 14.5 Å². The molecule has 0 saturated carbocycles. The molecule has 0 bridgehead atoms. The predicted octanol–water partition coefficient (Wildman–Crippen LogP) is 2.72. The van der Waals surface area contributed by atoms with E-state index in [-0.39, 0.29) is 11.6 Å². The number of carbonyl (C=O) groups is 2. The number of aryl methyl sites for hydroxylation is 1. The Morgan fingerprint density at radius 1 is 1.13 bits per heavy atom. The van der Waals surface area contributed by atoms with Gasteiger partial charge in [-0.2, -0.15) is 10.3 Å². The number of carbonyl (C=O) groups excluding carboxylic acids is 1. The van der Waals surface area contributed by atoms with Gasteiger partial charge < -0.3 is 15.5 Å². The third-order valence-electron chi connectivity index (χ3n) is 6.22. The maximum absolute atomic E-state index is 13.0. The molecular formula is C27H32N8O4. The van der Waals surface area contributed by atoms with Gasteiger partial charge in [-0.05, 0) is 41.7 Å². The van der Waals surface area contributed by atoms with Crippen LogP contribution in [0, 0.1) is 5.92 Å². The lowest BCUT2D eigenvalue weighted by Crippen LogP contribution is -2.47. The van der Waals surface area contributed by atoms with Crippen molar-refractivity contribution < 1.29 is 19.8 Å². The van der Waals surface area contributed by atoms with Crippen LogP contribution in [0.25, 0.3) is 22.6 Å². The largest absolute Gasteiger partial charge is 0.479 e. The summed E-state index contributed by atoms with van der Waals surface area (Å²) in [6.45, 7) is 6.22. The molecule has 0 saturated heterocycles. The average molecular weight is 533 g/mol. The number of nitrogens with zero attached hydrogens (tertiary/aromatic N) is 6. The summed E-state index contributed by atoms with van der Waals surface area (Å²) >= 11 is 0. The standard InChI is InChI=1S/C27H32N8O4/c1-4-7-18-13-23(26(37)29-22(12-16(2)3)24(36)27(38)39)32-35(18)15-17-10-11-21(28-14-17)19-8-5-6-9-20(19)25-30-33-34-31-25/h5-6,8-11,13-14,16,22,24,36H,4,7,12,15H2,1-3H3,(H,29,37)(H,38,39)(H,30,31,33,34). The van der Waals surface area contributed by atoms with Crippen LogP contribution in [0.1, 0.15) is 55.4 Å². The first-order chi connectivity index (χ1) is 18.8. The summed E-state index contributed by atoms with van der Waals surface area (Å²) in [5.74, 6) is -1.35. The first-order valence-electron chi connectivity index (χ1n) is 12.8. The summed E-state index contributed by atoms with van der Waals surface area (Å²) < 4.78 is 1.76. The molecule has 2 atom stereocenters. The number of aromatic nitrogens is 7. The molecule has 1 aromatic carbocycles. The number of benzene rings is 1. The lowest BCUT2D eigenvalue weighted by Gasteiger charge is -2.22. The fraction of sp³-hybridized carbons (Fsp3) is 0.370. The SMILES string of the molecule is CCCc1cc(C(=O)NC(CC(C)C)C(O)C(=O)O)nn1Cc1ccc(-c2ccccc2-c2nn[nH]n2)nc1. The molecule has 204 valence electrons. The molecule has 4 rings (SSSR count). The molecule has 0 spiro atoms. The number of aliphatic hydroxyl groups excluding tert-OH is 1. The van der Waals surface area contributed by atoms with Gasteiger partial charge in [-0.25, -0.2) is 4.79 Å². The Morgan fingerprint density at radius 3 is 2.51 bits per heavy atom. The monoisotopic (exact) mass is 532 g/mol. The van der Waals surface area contributed by atoms with E-state index in [4.69, 9.17) is 0 Å². The number of H-pyrrole nitrogens is 1. The second kappa shape index (κ2) is 12.4. The normalized spacial score (nSPS) is 12.8. The summed E-state index contributed by atoms with van der Waals surface area (Å²) in [6, 6.07) is 12.3. The number of hydrogen-bond donors (Lipinski definition) is 4. The number of aromatic amines is 1. The first kappa shape index (κ1) is 27.6. The third kappa shape index (κ3) is 6.71. The maximum atomic E-state index is 13.0. The van der Waals surface area contributed by atoms with E-state index < -0.39 is 24.0 Å². The van der Waals surface area contributed by atoms with Gasteiger partial charge in [-0.1, -0.05) is 57.5 Å². The lowest BCUT2D eigenvalue weighted by atomic mass is 9.99. The van der Waals surface area contributed by atoms with Crippen molar-refractivity contribution >= 4 is 11.9 Å². The van der Waals surface area contributed by atoms with Crippen molar-refractivity contribution in [1.82, 2.24) is 40.7 Å². The molecule has 0 aliphatic carbocycles. The van der Waals surface area contributed by atoms with Gasteiger partial charge in [0.05, 0.1) is 18.3 Å². The number of hydrogen-bond acceptors (Lipinski definition) is 8. The second-order valence-corrected chi connectivity index (χ2v) is 9.75. The van der Waals surface area contributed by atoms with Crippen molar-refractivity contribution in [3.05, 3.63) is 65.6 Å². The molecule has 0 radical (unpaired) electrons. The minimum atomic E-state index is -1.71. The minimum Gasteiger partial charge on any atom is -0.479 e. The molecule has 4 aromatic rings. The summed E-state index contributed by atoms with van der Waals surface area (Å²) in [5.41, 5.74) is 4.36. The zero-order chi connectivity index (χ0) is 27.9. The number of aliphatic carboxylic acids is 1.